The lowest BCUT2D eigenvalue weighted by molar-refractivity contribution is 0.921. The Bertz CT molecular complexity index is 3160. The van der Waals surface area contributed by atoms with E-state index in [1.807, 2.05) is 0 Å². The number of aryl methyl sites for hydroxylation is 4. The topological polar surface area (TPSA) is 6.48 Å². The molecule has 0 spiro atoms. The Morgan fingerprint density at radius 3 is 1.43 bits per heavy atom. The Hall–Kier alpha value is -6.58. The molecule has 0 bridgehead atoms. The van der Waals surface area contributed by atoms with Crippen LogP contribution in [-0.2, 0) is 25.7 Å². The summed E-state index contributed by atoms with van der Waals surface area (Å²) in [6, 6.07) is 63.4. The highest BCUT2D eigenvalue weighted by Crippen LogP contribution is 2.46. The largest absolute Gasteiger partial charge is 0.311 e. The minimum atomic E-state index is 0.115. The molecule has 2 aliphatic rings. The van der Waals surface area contributed by atoms with Crippen molar-refractivity contribution in [2.24, 2.45) is 0 Å². The van der Waals surface area contributed by atoms with E-state index in [0.717, 1.165) is 51.4 Å². The first-order valence-corrected chi connectivity index (χ1v) is 23.6. The van der Waals surface area contributed by atoms with Gasteiger partial charge < -0.3 is 9.80 Å². The Morgan fingerprint density at radius 1 is 0.365 bits per heavy atom. The number of fused-ring (bicyclic) bond motifs is 10. The van der Waals surface area contributed by atoms with Gasteiger partial charge in [-0.1, -0.05) is 163 Å². The molecule has 0 radical (unpaired) electrons. The van der Waals surface area contributed by atoms with Crippen molar-refractivity contribution in [1.82, 2.24) is 0 Å². The van der Waals surface area contributed by atoms with Gasteiger partial charge in [-0.2, -0.15) is 0 Å². The molecule has 63 heavy (non-hydrogen) atoms. The van der Waals surface area contributed by atoms with Gasteiger partial charge in [-0.15, -0.1) is 0 Å². The van der Waals surface area contributed by atoms with E-state index in [2.05, 4.69) is 201 Å². The summed E-state index contributed by atoms with van der Waals surface area (Å²) in [4.78, 5) is 5.14. The van der Waals surface area contributed by atoms with Crippen LogP contribution in [0.5, 0.6) is 0 Å². The smallest absolute Gasteiger partial charge is 0.252 e. The van der Waals surface area contributed by atoms with Crippen LogP contribution in [0.2, 0.25) is 0 Å². The Kier molecular flexibility index (Phi) is 10.2. The van der Waals surface area contributed by atoms with Crippen LogP contribution in [0.3, 0.4) is 0 Å². The maximum absolute atomic E-state index is 2.59. The van der Waals surface area contributed by atoms with Crippen LogP contribution >= 0.6 is 0 Å². The monoisotopic (exact) mass is 814 g/mol. The maximum Gasteiger partial charge on any atom is 0.252 e. The summed E-state index contributed by atoms with van der Waals surface area (Å²) in [5, 5.41) is 7.86. The highest BCUT2D eigenvalue weighted by atomic mass is 15.2. The van der Waals surface area contributed by atoms with E-state index in [-0.39, 0.29) is 6.71 Å². The molecular weight excluding hydrogens is 759 g/mol. The quantitative estimate of drug-likeness (QED) is 0.0948. The predicted octanol–water partition coefficient (Wildman–Crippen LogP) is 14.7. The second-order valence-electron chi connectivity index (χ2n) is 18.0. The lowest BCUT2D eigenvalue weighted by Gasteiger charge is -2.44. The molecule has 0 saturated heterocycles. The molecule has 308 valence electrons. The van der Waals surface area contributed by atoms with Gasteiger partial charge in [0.15, 0.2) is 0 Å². The summed E-state index contributed by atoms with van der Waals surface area (Å²) in [7, 11) is 0. The molecule has 9 aromatic carbocycles. The molecule has 2 heterocycles. The standard InChI is InChI=1S/C60H55BN2/c1-5-14-40-24-30-45(31-25-40)62-56-34-26-41(15-6-2)36-54(56)61-55-37-42(16-7-3)27-35-57(55)63(59-23-13-22-58(62)60(59)61)46-32-28-43(17-8-4)52(39-46)44-29-33-51-49-20-10-9-18-47(49)48-19-11-12-21-50(48)53(51)38-44/h9-13,18-39H,5-8,14-17H2,1-4H3. The van der Waals surface area contributed by atoms with Gasteiger partial charge in [-0.05, 0) is 162 Å². The third-order valence-electron chi connectivity index (χ3n) is 13.9. The van der Waals surface area contributed by atoms with Gasteiger partial charge in [0.1, 0.15) is 0 Å². The van der Waals surface area contributed by atoms with Crippen molar-refractivity contribution in [3.63, 3.8) is 0 Å². The summed E-state index contributed by atoms with van der Waals surface area (Å²) in [5.74, 6) is 0. The van der Waals surface area contributed by atoms with Gasteiger partial charge >= 0.3 is 0 Å². The minimum Gasteiger partial charge on any atom is -0.311 e. The van der Waals surface area contributed by atoms with Crippen molar-refractivity contribution >= 4 is 89.5 Å². The van der Waals surface area contributed by atoms with E-state index >= 15 is 0 Å². The normalized spacial score (nSPS) is 12.9. The highest BCUT2D eigenvalue weighted by Gasteiger charge is 2.43. The minimum absolute atomic E-state index is 0.115. The second kappa shape index (κ2) is 16.3. The summed E-state index contributed by atoms with van der Waals surface area (Å²) in [5.41, 5.74) is 19.9. The summed E-state index contributed by atoms with van der Waals surface area (Å²) < 4.78 is 0. The Morgan fingerprint density at radius 2 is 0.857 bits per heavy atom. The first-order chi connectivity index (χ1) is 31.1. The Balaban J connectivity index is 1.14. The zero-order valence-electron chi connectivity index (χ0n) is 37.2. The van der Waals surface area contributed by atoms with Crippen molar-refractivity contribution in [3.8, 4) is 11.1 Å². The highest BCUT2D eigenvalue weighted by molar-refractivity contribution is 7.00. The lowest BCUT2D eigenvalue weighted by atomic mass is 9.33. The van der Waals surface area contributed by atoms with Crippen LogP contribution in [0.25, 0.3) is 43.4 Å². The number of hydrogen-bond donors (Lipinski definition) is 0. The molecule has 0 aromatic heterocycles. The zero-order chi connectivity index (χ0) is 42.6. The van der Waals surface area contributed by atoms with Crippen molar-refractivity contribution in [2.75, 3.05) is 9.80 Å². The summed E-state index contributed by atoms with van der Waals surface area (Å²) in [6.07, 6.45) is 8.73. The Labute approximate surface area is 373 Å². The molecule has 3 heteroatoms. The molecule has 0 atom stereocenters. The average Bonchev–Trinajstić information content (AvgIpc) is 3.32. The van der Waals surface area contributed by atoms with Crippen molar-refractivity contribution in [1.29, 1.82) is 0 Å². The second-order valence-corrected chi connectivity index (χ2v) is 18.0. The van der Waals surface area contributed by atoms with Gasteiger partial charge in [0.2, 0.25) is 0 Å². The average molecular weight is 815 g/mol. The molecule has 9 aromatic rings. The SMILES string of the molecule is CCCc1ccc(N2c3ccc(CCC)cc3B3c4cc(CCC)ccc4N(c4ccc(CCC)c(-c5ccc6c7ccccc7c7ccccc7c6c5)c4)c4cccc2c43)cc1. The van der Waals surface area contributed by atoms with Gasteiger partial charge in [0.05, 0.1) is 0 Å². The lowest BCUT2D eigenvalue weighted by Crippen LogP contribution is -2.61. The van der Waals surface area contributed by atoms with Crippen molar-refractivity contribution in [2.45, 2.75) is 79.1 Å². The first-order valence-electron chi connectivity index (χ1n) is 23.6. The molecule has 0 amide bonds. The third kappa shape index (κ3) is 6.55. The molecule has 11 rings (SSSR count). The molecule has 2 nitrogen and oxygen atoms in total. The van der Waals surface area contributed by atoms with E-state index in [1.54, 1.807) is 0 Å². The fourth-order valence-corrected chi connectivity index (χ4v) is 11.1. The molecule has 0 aliphatic carbocycles. The molecule has 0 fully saturated rings. The van der Waals surface area contributed by atoms with Crippen LogP contribution in [0.15, 0.2) is 164 Å². The molecule has 0 saturated carbocycles. The van der Waals surface area contributed by atoms with Crippen molar-refractivity contribution in [3.05, 3.63) is 186 Å². The fraction of sp³-hybridized carbons (Fsp3) is 0.200. The number of rotatable bonds is 11. The fourth-order valence-electron chi connectivity index (χ4n) is 11.1. The third-order valence-corrected chi connectivity index (χ3v) is 13.9. The molecule has 0 unspecified atom stereocenters. The maximum atomic E-state index is 2.59. The van der Waals surface area contributed by atoms with Crippen molar-refractivity contribution < 1.29 is 0 Å². The van der Waals surface area contributed by atoms with Crippen LogP contribution < -0.4 is 26.2 Å². The van der Waals surface area contributed by atoms with Gasteiger partial charge in [0.25, 0.3) is 6.71 Å². The van der Waals surface area contributed by atoms with Crippen LogP contribution in [-0.4, -0.2) is 6.71 Å². The van der Waals surface area contributed by atoms with E-state index in [9.17, 15) is 0 Å². The zero-order valence-corrected chi connectivity index (χ0v) is 37.2. The van der Waals surface area contributed by atoms with Gasteiger partial charge in [0, 0.05) is 34.1 Å². The van der Waals surface area contributed by atoms with E-state index in [4.69, 9.17) is 0 Å². The predicted molar refractivity (Wildman–Crippen MR) is 274 cm³/mol. The number of anilines is 6. The van der Waals surface area contributed by atoms with E-state index in [0.29, 0.717) is 0 Å². The van der Waals surface area contributed by atoms with Gasteiger partial charge in [-0.3, -0.25) is 0 Å². The summed E-state index contributed by atoms with van der Waals surface area (Å²) >= 11 is 0. The summed E-state index contributed by atoms with van der Waals surface area (Å²) in [6.45, 7) is 9.27. The number of hydrogen-bond acceptors (Lipinski definition) is 2. The first kappa shape index (κ1) is 39.3. The number of benzene rings is 9. The van der Waals surface area contributed by atoms with Crippen LogP contribution in [0.4, 0.5) is 34.1 Å². The molecule has 2 aliphatic heterocycles. The van der Waals surface area contributed by atoms with Gasteiger partial charge in [-0.25, -0.2) is 0 Å². The van der Waals surface area contributed by atoms with E-state index in [1.165, 1.54) is 116 Å². The number of nitrogens with zero attached hydrogens (tertiary/aromatic N) is 2. The van der Waals surface area contributed by atoms with Crippen LogP contribution in [0, 0.1) is 0 Å². The molecular formula is C60H55BN2. The van der Waals surface area contributed by atoms with E-state index < -0.39 is 0 Å². The van der Waals surface area contributed by atoms with Crippen LogP contribution in [0.1, 0.15) is 75.6 Å². The molecule has 0 N–H and O–H groups in total.